The van der Waals surface area contributed by atoms with Crippen molar-refractivity contribution in [1.29, 1.82) is 0 Å². The van der Waals surface area contributed by atoms with Crippen molar-refractivity contribution in [3.8, 4) is 0 Å². The van der Waals surface area contributed by atoms with Crippen LogP contribution in [0.15, 0.2) is 17.5 Å². The molecule has 1 heterocycles. The summed E-state index contributed by atoms with van der Waals surface area (Å²) < 4.78 is 0. The van der Waals surface area contributed by atoms with E-state index in [-0.39, 0.29) is 5.91 Å². The number of aryl methyl sites for hydroxylation is 1. The Bertz CT molecular complexity index is 324. The van der Waals surface area contributed by atoms with Gasteiger partial charge in [-0.25, -0.2) is 10.2 Å². The van der Waals surface area contributed by atoms with Gasteiger partial charge in [0.1, 0.15) is 0 Å². The van der Waals surface area contributed by atoms with E-state index in [1.54, 1.807) is 11.3 Å². The molecule has 0 aliphatic carbocycles. The fourth-order valence-corrected chi connectivity index (χ4v) is 1.82. The van der Waals surface area contributed by atoms with E-state index in [0.29, 0.717) is 6.42 Å². The molecule has 3 amide bonds. The van der Waals surface area contributed by atoms with Crippen molar-refractivity contribution in [3.05, 3.63) is 22.4 Å². The molecule has 1 aromatic heterocycles. The predicted molar refractivity (Wildman–Crippen MR) is 58.1 cm³/mol. The molecule has 0 unspecified atom stereocenters. The second-order valence-corrected chi connectivity index (χ2v) is 4.00. The van der Waals surface area contributed by atoms with E-state index in [9.17, 15) is 9.59 Å². The summed E-state index contributed by atoms with van der Waals surface area (Å²) in [6, 6.07) is 3.25. The molecule has 0 aliphatic heterocycles. The van der Waals surface area contributed by atoms with Gasteiger partial charge < -0.3 is 5.73 Å². The van der Waals surface area contributed by atoms with Gasteiger partial charge in [-0.2, -0.15) is 0 Å². The van der Waals surface area contributed by atoms with Gasteiger partial charge in [-0.1, -0.05) is 6.07 Å². The third kappa shape index (κ3) is 5.02. The van der Waals surface area contributed by atoms with Crippen molar-refractivity contribution in [2.75, 3.05) is 0 Å². The Hall–Kier alpha value is -1.56. The second kappa shape index (κ2) is 6.02. The average molecular weight is 227 g/mol. The number of amides is 3. The molecule has 6 heteroatoms. The molecule has 0 radical (unpaired) electrons. The third-order valence-electron chi connectivity index (χ3n) is 1.73. The maximum Gasteiger partial charge on any atom is 0.330 e. The highest BCUT2D eigenvalue weighted by atomic mass is 32.1. The third-order valence-corrected chi connectivity index (χ3v) is 2.67. The lowest BCUT2D eigenvalue weighted by Crippen LogP contribution is -2.44. The van der Waals surface area contributed by atoms with Crippen molar-refractivity contribution in [3.63, 3.8) is 0 Å². The summed E-state index contributed by atoms with van der Waals surface area (Å²) in [6.45, 7) is 0. The molecule has 0 aliphatic rings. The van der Waals surface area contributed by atoms with Crippen LogP contribution < -0.4 is 16.6 Å². The lowest BCUT2D eigenvalue weighted by molar-refractivity contribution is -0.121. The van der Waals surface area contributed by atoms with E-state index in [1.807, 2.05) is 22.9 Å². The van der Waals surface area contributed by atoms with Gasteiger partial charge in [-0.3, -0.25) is 10.2 Å². The smallest absolute Gasteiger partial charge is 0.330 e. The number of urea groups is 1. The van der Waals surface area contributed by atoms with Crippen molar-refractivity contribution in [2.24, 2.45) is 5.73 Å². The van der Waals surface area contributed by atoms with Crippen LogP contribution in [0, 0.1) is 0 Å². The first kappa shape index (κ1) is 11.5. The van der Waals surface area contributed by atoms with Crippen molar-refractivity contribution >= 4 is 23.3 Å². The SMILES string of the molecule is NC(=O)NNC(=O)CCCc1cccs1. The van der Waals surface area contributed by atoms with Gasteiger partial charge in [-0.15, -0.1) is 11.3 Å². The number of carbonyl (C=O) groups excluding carboxylic acids is 2. The zero-order valence-corrected chi connectivity index (χ0v) is 8.97. The lowest BCUT2D eigenvalue weighted by Gasteiger charge is -2.03. The minimum Gasteiger partial charge on any atom is -0.350 e. The highest BCUT2D eigenvalue weighted by Gasteiger charge is 2.02. The highest BCUT2D eigenvalue weighted by molar-refractivity contribution is 7.09. The Morgan fingerprint density at radius 3 is 2.80 bits per heavy atom. The van der Waals surface area contributed by atoms with E-state index in [2.05, 4.69) is 5.43 Å². The standard InChI is InChI=1S/C9H13N3O2S/c10-9(14)12-11-8(13)5-1-3-7-4-2-6-15-7/h2,4,6H,1,3,5H2,(H,11,13)(H3,10,12,14). The van der Waals surface area contributed by atoms with E-state index in [1.165, 1.54) is 4.88 Å². The maximum absolute atomic E-state index is 11.1. The summed E-state index contributed by atoms with van der Waals surface area (Å²) in [7, 11) is 0. The largest absolute Gasteiger partial charge is 0.350 e. The summed E-state index contributed by atoms with van der Waals surface area (Å²) in [5.41, 5.74) is 9.02. The van der Waals surface area contributed by atoms with Crippen LogP contribution in [0.4, 0.5) is 4.79 Å². The van der Waals surface area contributed by atoms with Gasteiger partial charge >= 0.3 is 6.03 Å². The van der Waals surface area contributed by atoms with Gasteiger partial charge in [0.2, 0.25) is 5.91 Å². The van der Waals surface area contributed by atoms with Gasteiger partial charge in [0, 0.05) is 11.3 Å². The molecule has 5 nitrogen and oxygen atoms in total. The van der Waals surface area contributed by atoms with Crippen LogP contribution in [0.25, 0.3) is 0 Å². The van der Waals surface area contributed by atoms with E-state index in [0.717, 1.165) is 12.8 Å². The fraction of sp³-hybridized carbons (Fsp3) is 0.333. The summed E-state index contributed by atoms with van der Waals surface area (Å²) in [4.78, 5) is 22.6. The topological polar surface area (TPSA) is 84.2 Å². The molecule has 0 fully saturated rings. The Kier molecular flexibility index (Phi) is 4.62. The number of hydrogen-bond donors (Lipinski definition) is 3. The van der Waals surface area contributed by atoms with Gasteiger partial charge in [-0.05, 0) is 24.3 Å². The monoisotopic (exact) mass is 227 g/mol. The molecule has 4 N–H and O–H groups in total. The number of hydrazine groups is 1. The molecular formula is C9H13N3O2S. The number of hydrogen-bond acceptors (Lipinski definition) is 3. The van der Waals surface area contributed by atoms with Gasteiger partial charge in [0.15, 0.2) is 0 Å². The Morgan fingerprint density at radius 2 is 2.20 bits per heavy atom. The number of nitrogens with two attached hydrogens (primary N) is 1. The molecule has 0 aromatic carbocycles. The zero-order chi connectivity index (χ0) is 11.1. The highest BCUT2D eigenvalue weighted by Crippen LogP contribution is 2.11. The van der Waals surface area contributed by atoms with Crippen molar-refractivity contribution in [2.45, 2.75) is 19.3 Å². The van der Waals surface area contributed by atoms with Gasteiger partial charge in [0.25, 0.3) is 0 Å². The van der Waals surface area contributed by atoms with Crippen LogP contribution in [0.2, 0.25) is 0 Å². The van der Waals surface area contributed by atoms with E-state index in [4.69, 9.17) is 5.73 Å². The predicted octanol–water partition coefficient (Wildman–Crippen LogP) is 0.770. The summed E-state index contributed by atoms with van der Waals surface area (Å²) in [5.74, 6) is -0.231. The minimum atomic E-state index is -0.762. The number of rotatable bonds is 4. The van der Waals surface area contributed by atoms with E-state index >= 15 is 0 Å². The number of primary amides is 1. The molecule has 0 atom stereocenters. The Morgan fingerprint density at radius 1 is 1.40 bits per heavy atom. The molecule has 0 saturated carbocycles. The number of thiophene rings is 1. The number of carbonyl (C=O) groups is 2. The van der Waals surface area contributed by atoms with Crippen LogP contribution >= 0.6 is 11.3 Å². The molecule has 1 rings (SSSR count). The molecule has 0 bridgehead atoms. The van der Waals surface area contributed by atoms with Gasteiger partial charge in [0.05, 0.1) is 0 Å². The first-order chi connectivity index (χ1) is 7.18. The molecule has 15 heavy (non-hydrogen) atoms. The average Bonchev–Trinajstić information content (AvgIpc) is 2.67. The summed E-state index contributed by atoms with van der Waals surface area (Å²) in [5, 5.41) is 2.00. The molecule has 0 saturated heterocycles. The van der Waals surface area contributed by atoms with E-state index < -0.39 is 6.03 Å². The van der Waals surface area contributed by atoms with Crippen LogP contribution in [0.5, 0.6) is 0 Å². The lowest BCUT2D eigenvalue weighted by atomic mass is 10.2. The number of nitrogens with one attached hydrogen (secondary N) is 2. The van der Waals surface area contributed by atoms with Crippen LogP contribution in [-0.4, -0.2) is 11.9 Å². The van der Waals surface area contributed by atoms with Crippen LogP contribution in [0.3, 0.4) is 0 Å². The second-order valence-electron chi connectivity index (χ2n) is 2.97. The quantitative estimate of drug-likeness (QED) is 0.664. The molecular weight excluding hydrogens is 214 g/mol. The first-order valence-electron chi connectivity index (χ1n) is 4.55. The maximum atomic E-state index is 11.1. The van der Waals surface area contributed by atoms with Crippen molar-refractivity contribution in [1.82, 2.24) is 10.9 Å². The van der Waals surface area contributed by atoms with Crippen molar-refractivity contribution < 1.29 is 9.59 Å². The first-order valence-corrected chi connectivity index (χ1v) is 5.43. The van der Waals surface area contributed by atoms with Crippen LogP contribution in [0.1, 0.15) is 17.7 Å². The summed E-state index contributed by atoms with van der Waals surface area (Å²) in [6.07, 6.45) is 2.01. The fourth-order valence-electron chi connectivity index (χ4n) is 1.07. The molecule has 82 valence electrons. The molecule has 1 aromatic rings. The zero-order valence-electron chi connectivity index (χ0n) is 8.16. The Labute approximate surface area is 91.6 Å². The molecule has 0 spiro atoms. The Balaban J connectivity index is 2.09. The minimum absolute atomic E-state index is 0.231. The van der Waals surface area contributed by atoms with Crippen LogP contribution in [-0.2, 0) is 11.2 Å². The summed E-state index contributed by atoms with van der Waals surface area (Å²) >= 11 is 1.67. The normalized spacial score (nSPS) is 9.60.